The summed E-state index contributed by atoms with van der Waals surface area (Å²) in [4.78, 5) is 14.8. The summed E-state index contributed by atoms with van der Waals surface area (Å²) in [6.07, 6.45) is 2.26. The fraction of sp³-hybridized carbons (Fsp3) is 0.333. The second-order valence-electron chi connectivity index (χ2n) is 7.73. The average Bonchev–Trinajstić information content (AvgIpc) is 2.75. The molecule has 0 fully saturated rings. The fourth-order valence-corrected chi connectivity index (χ4v) is 4.43. The molecule has 0 amide bonds. The maximum Gasteiger partial charge on any atom is 0.173 e. The summed E-state index contributed by atoms with van der Waals surface area (Å²) in [5.74, 6) is 1.43. The van der Waals surface area contributed by atoms with Crippen molar-refractivity contribution in [2.45, 2.75) is 38.8 Å². The van der Waals surface area contributed by atoms with Gasteiger partial charge in [0.2, 0.25) is 0 Å². The van der Waals surface area contributed by atoms with Gasteiger partial charge in [0.15, 0.2) is 22.4 Å². The number of nitrogens with zero attached hydrogens (tertiary/aromatic N) is 1. The summed E-state index contributed by atoms with van der Waals surface area (Å²) >= 11 is 5.57. The van der Waals surface area contributed by atoms with Gasteiger partial charge in [-0.15, -0.1) is 0 Å². The van der Waals surface area contributed by atoms with E-state index in [-0.39, 0.29) is 11.8 Å². The minimum atomic E-state index is -0.348. The second-order valence-corrected chi connectivity index (χ2v) is 8.12. The van der Waals surface area contributed by atoms with Crippen LogP contribution >= 0.6 is 12.2 Å². The largest absolute Gasteiger partial charge is 0.493 e. The molecule has 0 radical (unpaired) electrons. The summed E-state index contributed by atoms with van der Waals surface area (Å²) < 4.78 is 11.9. The summed E-state index contributed by atoms with van der Waals surface area (Å²) in [6, 6.07) is 13.6. The predicted octanol–water partition coefficient (Wildman–Crippen LogP) is 4.45. The Morgan fingerprint density at radius 1 is 1.20 bits per heavy atom. The number of nitrogens with one attached hydrogen (secondary N) is 1. The van der Waals surface area contributed by atoms with Crippen molar-refractivity contribution in [3.63, 3.8) is 0 Å². The van der Waals surface area contributed by atoms with Gasteiger partial charge in [-0.1, -0.05) is 42.0 Å². The molecule has 2 aromatic rings. The highest BCUT2D eigenvalue weighted by Crippen LogP contribution is 2.43. The highest BCUT2D eigenvalue weighted by atomic mass is 32.1. The number of methoxy groups -OCH3 is 1. The number of carbonyl (C=O) groups is 1. The van der Waals surface area contributed by atoms with Crippen LogP contribution in [0.15, 0.2) is 53.7 Å². The molecule has 0 spiro atoms. The van der Waals surface area contributed by atoms with E-state index in [1.807, 2.05) is 42.3 Å². The quantitative estimate of drug-likeness (QED) is 0.719. The third-order valence-electron chi connectivity index (χ3n) is 5.70. The maximum atomic E-state index is 12.9. The van der Waals surface area contributed by atoms with Gasteiger partial charge in [0.1, 0.15) is 6.61 Å². The van der Waals surface area contributed by atoms with E-state index in [2.05, 4.69) is 24.4 Å². The van der Waals surface area contributed by atoms with Gasteiger partial charge in [0.25, 0.3) is 0 Å². The molecule has 156 valence electrons. The second kappa shape index (κ2) is 8.48. The molecular formula is C24H26N2O3S. The van der Waals surface area contributed by atoms with E-state index in [4.69, 9.17) is 21.7 Å². The van der Waals surface area contributed by atoms with Gasteiger partial charge in [-0.2, -0.15) is 0 Å². The van der Waals surface area contributed by atoms with E-state index < -0.39 is 0 Å². The Morgan fingerprint density at radius 2 is 2.00 bits per heavy atom. The number of para-hydroxylation sites is 1. The van der Waals surface area contributed by atoms with Crippen molar-refractivity contribution in [1.82, 2.24) is 10.2 Å². The zero-order valence-corrected chi connectivity index (χ0v) is 18.3. The lowest BCUT2D eigenvalue weighted by Crippen LogP contribution is -2.47. The molecule has 0 saturated carbocycles. The van der Waals surface area contributed by atoms with Crippen LogP contribution in [0.4, 0.5) is 0 Å². The van der Waals surface area contributed by atoms with Crippen LogP contribution in [0.1, 0.15) is 42.0 Å². The van der Waals surface area contributed by atoms with Crippen LogP contribution in [0.5, 0.6) is 11.5 Å². The molecule has 1 N–H and O–H groups in total. The molecule has 1 aliphatic heterocycles. The molecule has 0 saturated heterocycles. The lowest BCUT2D eigenvalue weighted by Gasteiger charge is -2.39. The Morgan fingerprint density at radius 3 is 2.77 bits per heavy atom. The third kappa shape index (κ3) is 3.79. The van der Waals surface area contributed by atoms with Gasteiger partial charge in [-0.25, -0.2) is 0 Å². The molecule has 4 rings (SSSR count). The number of thiocarbonyl (C=S) groups is 1. The topological polar surface area (TPSA) is 50.8 Å². The van der Waals surface area contributed by atoms with Gasteiger partial charge < -0.3 is 19.7 Å². The number of ketones is 1. The first-order chi connectivity index (χ1) is 14.5. The van der Waals surface area contributed by atoms with Crippen LogP contribution in [0, 0.1) is 6.92 Å². The highest BCUT2D eigenvalue weighted by Gasteiger charge is 2.37. The van der Waals surface area contributed by atoms with Gasteiger partial charge in [0, 0.05) is 30.3 Å². The van der Waals surface area contributed by atoms with Crippen molar-refractivity contribution in [2.75, 3.05) is 14.2 Å². The average molecular weight is 423 g/mol. The first-order valence-electron chi connectivity index (χ1n) is 10.1. The number of benzene rings is 2. The molecule has 0 bridgehead atoms. The molecule has 2 aromatic carbocycles. The van der Waals surface area contributed by atoms with Crippen LogP contribution in [-0.2, 0) is 11.4 Å². The first-order valence-corrected chi connectivity index (χ1v) is 10.6. The van der Waals surface area contributed by atoms with E-state index in [9.17, 15) is 4.79 Å². The number of hydrogen-bond donors (Lipinski definition) is 1. The number of aryl methyl sites for hydroxylation is 1. The Labute approximate surface area is 182 Å². The van der Waals surface area contributed by atoms with Crippen molar-refractivity contribution in [3.8, 4) is 11.5 Å². The van der Waals surface area contributed by atoms with Crippen LogP contribution in [0.25, 0.3) is 0 Å². The number of carbonyl (C=O) groups excluding carboxylic acids is 1. The summed E-state index contributed by atoms with van der Waals surface area (Å²) in [6.45, 7) is 2.47. The van der Waals surface area contributed by atoms with Gasteiger partial charge in [0.05, 0.1) is 13.2 Å². The molecule has 2 aliphatic rings. The standard InChI is InChI=1S/C24H26N2O3S/c1-15-7-4-8-16(13-15)14-29-23-17(9-5-12-20(23)28-3)22-21-18(10-6-11-19(21)27)26(2)24(30)25-22/h4-5,7-9,12-13,22H,6,10-11,14H2,1-3H3,(H,25,30). The van der Waals surface area contributed by atoms with Crippen molar-refractivity contribution in [1.29, 1.82) is 0 Å². The van der Waals surface area contributed by atoms with E-state index in [1.165, 1.54) is 5.56 Å². The SMILES string of the molecule is COc1cccc(C2NC(=S)N(C)C3=C2C(=O)CCC3)c1OCc1cccc(C)c1. The number of Topliss-reactive ketones (excluding diaryl/α,β-unsaturated/α-hetero) is 1. The predicted molar refractivity (Wildman–Crippen MR) is 121 cm³/mol. The number of allylic oxidation sites excluding steroid dienone is 1. The molecule has 1 heterocycles. The smallest absolute Gasteiger partial charge is 0.173 e. The molecule has 1 atom stereocenters. The summed E-state index contributed by atoms with van der Waals surface area (Å²) in [5, 5.41) is 3.97. The maximum absolute atomic E-state index is 12.9. The number of rotatable bonds is 5. The Bertz CT molecular complexity index is 1030. The van der Waals surface area contributed by atoms with Gasteiger partial charge in [-0.3, -0.25) is 4.79 Å². The lowest BCUT2D eigenvalue weighted by molar-refractivity contribution is -0.116. The molecule has 1 unspecified atom stereocenters. The molecule has 0 aromatic heterocycles. The Balaban J connectivity index is 1.76. The molecule has 6 heteroatoms. The third-order valence-corrected chi connectivity index (χ3v) is 6.09. The lowest BCUT2D eigenvalue weighted by atomic mass is 9.84. The normalized spacial score (nSPS) is 18.8. The zero-order chi connectivity index (χ0) is 21.3. The van der Waals surface area contributed by atoms with Crippen molar-refractivity contribution >= 4 is 23.1 Å². The van der Waals surface area contributed by atoms with Crippen LogP contribution in [0.2, 0.25) is 0 Å². The van der Waals surface area contributed by atoms with Gasteiger partial charge in [-0.05, 0) is 43.6 Å². The van der Waals surface area contributed by atoms with Crippen molar-refractivity contribution < 1.29 is 14.3 Å². The Kier molecular flexibility index (Phi) is 5.77. The zero-order valence-electron chi connectivity index (χ0n) is 17.5. The van der Waals surface area contributed by atoms with Gasteiger partial charge >= 0.3 is 0 Å². The molecule has 1 aliphatic carbocycles. The van der Waals surface area contributed by atoms with Crippen molar-refractivity contribution in [2.24, 2.45) is 0 Å². The van der Waals surface area contributed by atoms with Crippen LogP contribution in [-0.4, -0.2) is 30.0 Å². The minimum absolute atomic E-state index is 0.163. The molecular weight excluding hydrogens is 396 g/mol. The number of ether oxygens (including phenoxy) is 2. The van der Waals surface area contributed by atoms with E-state index in [0.29, 0.717) is 29.6 Å². The van der Waals surface area contributed by atoms with E-state index >= 15 is 0 Å². The van der Waals surface area contributed by atoms with E-state index in [0.717, 1.165) is 35.2 Å². The fourth-order valence-electron chi connectivity index (χ4n) is 4.20. The molecule has 30 heavy (non-hydrogen) atoms. The molecule has 5 nitrogen and oxygen atoms in total. The summed E-state index contributed by atoms with van der Waals surface area (Å²) in [7, 11) is 3.54. The number of hydrogen-bond acceptors (Lipinski definition) is 4. The van der Waals surface area contributed by atoms with Crippen molar-refractivity contribution in [3.05, 3.63) is 70.4 Å². The van der Waals surface area contributed by atoms with E-state index in [1.54, 1.807) is 7.11 Å². The Hall–Kier alpha value is -2.86. The summed E-state index contributed by atoms with van der Waals surface area (Å²) in [5.41, 5.74) is 4.91. The highest BCUT2D eigenvalue weighted by molar-refractivity contribution is 7.80. The minimum Gasteiger partial charge on any atom is -0.493 e. The van der Waals surface area contributed by atoms with Crippen LogP contribution < -0.4 is 14.8 Å². The van der Waals surface area contributed by atoms with Crippen LogP contribution in [0.3, 0.4) is 0 Å². The monoisotopic (exact) mass is 422 g/mol. The first kappa shape index (κ1) is 20.4.